The van der Waals surface area contributed by atoms with Gasteiger partial charge in [-0.1, -0.05) is 26.8 Å². The molecular formula is C28H42N4O5. The highest BCUT2D eigenvalue weighted by atomic mass is 16.6. The molecule has 2 fully saturated rings. The van der Waals surface area contributed by atoms with Crippen molar-refractivity contribution in [3.63, 3.8) is 0 Å². The van der Waals surface area contributed by atoms with Gasteiger partial charge in [-0.05, 0) is 62.8 Å². The molecule has 1 aromatic heterocycles. The monoisotopic (exact) mass is 514 g/mol. The molecule has 37 heavy (non-hydrogen) atoms. The van der Waals surface area contributed by atoms with Gasteiger partial charge in [-0.15, -0.1) is 0 Å². The Hall–Kier alpha value is -3.20. The van der Waals surface area contributed by atoms with Crippen molar-refractivity contribution in [3.05, 3.63) is 24.4 Å². The summed E-state index contributed by atoms with van der Waals surface area (Å²) in [6.07, 6.45) is 7.86. The van der Waals surface area contributed by atoms with Crippen molar-refractivity contribution < 1.29 is 23.8 Å². The molecule has 3 heterocycles. The summed E-state index contributed by atoms with van der Waals surface area (Å²) in [5.74, 6) is 3.64. The summed E-state index contributed by atoms with van der Waals surface area (Å²) in [5.41, 5.74) is 1.86. The van der Waals surface area contributed by atoms with Crippen LogP contribution in [0.25, 0.3) is 11.1 Å². The molecule has 1 aliphatic carbocycles. The number of likely N-dealkylation sites (tertiary alicyclic amines) is 1. The van der Waals surface area contributed by atoms with E-state index in [0.29, 0.717) is 31.1 Å². The fraction of sp³-hybridized carbons (Fsp3) is 0.571. The zero-order chi connectivity index (χ0) is 27.2. The van der Waals surface area contributed by atoms with Crippen molar-refractivity contribution in [2.24, 2.45) is 5.92 Å². The second kappa shape index (κ2) is 15.8. The van der Waals surface area contributed by atoms with E-state index in [9.17, 15) is 0 Å². The standard InChI is InChI=1S/C24H32N4O3.C2H6.2CH2O/c1-16-3-6-18(7-4-16)26-24-25-14-20(23(27-24)31-19-9-10-28(2)15-19)17-5-8-21-22(13-17)30-12-11-29-21;3*1-2/h5,8,13-14,16,18-19H,3-4,6-7,9-12,15H2,1-2H3,(H,25,26,27);1-2H3;2*1H2. The highest BCUT2D eigenvalue weighted by Crippen LogP contribution is 2.38. The maximum absolute atomic E-state index is 8.00. The summed E-state index contributed by atoms with van der Waals surface area (Å²) < 4.78 is 17.9. The van der Waals surface area contributed by atoms with Gasteiger partial charge in [0.05, 0.1) is 5.56 Å². The number of aromatic nitrogens is 2. The van der Waals surface area contributed by atoms with Crippen LogP contribution in [0.1, 0.15) is 52.9 Å². The topological polar surface area (TPSA) is 103 Å². The molecule has 3 aliphatic rings. The predicted molar refractivity (Wildman–Crippen MR) is 146 cm³/mol. The summed E-state index contributed by atoms with van der Waals surface area (Å²) in [7, 11) is 2.13. The predicted octanol–water partition coefficient (Wildman–Crippen LogP) is 4.64. The largest absolute Gasteiger partial charge is 0.486 e. The van der Waals surface area contributed by atoms with Gasteiger partial charge in [0.25, 0.3) is 0 Å². The molecule has 0 radical (unpaired) electrons. The van der Waals surface area contributed by atoms with Gasteiger partial charge in [0.15, 0.2) is 11.5 Å². The lowest BCUT2D eigenvalue weighted by atomic mass is 9.87. The molecule has 0 spiro atoms. The van der Waals surface area contributed by atoms with Crippen LogP contribution in [0.4, 0.5) is 5.95 Å². The Balaban J connectivity index is 0.000000750. The molecule has 1 saturated carbocycles. The third-order valence-corrected chi connectivity index (χ3v) is 6.58. The van der Waals surface area contributed by atoms with Crippen molar-refractivity contribution in [2.45, 2.75) is 65.0 Å². The lowest BCUT2D eigenvalue weighted by Gasteiger charge is -2.27. The summed E-state index contributed by atoms with van der Waals surface area (Å²) in [6.45, 7) is 13.4. The molecule has 2 aliphatic heterocycles. The highest BCUT2D eigenvalue weighted by Gasteiger charge is 2.25. The number of nitrogens with one attached hydrogen (secondary N) is 1. The third kappa shape index (κ3) is 8.42. The lowest BCUT2D eigenvalue weighted by molar-refractivity contribution is -0.0987. The second-order valence-electron chi connectivity index (χ2n) is 9.16. The molecule has 1 atom stereocenters. The van der Waals surface area contributed by atoms with Crippen LogP contribution in [0.2, 0.25) is 0 Å². The highest BCUT2D eigenvalue weighted by molar-refractivity contribution is 5.71. The van der Waals surface area contributed by atoms with Gasteiger partial charge in [-0.3, -0.25) is 0 Å². The minimum atomic E-state index is 0.138. The van der Waals surface area contributed by atoms with E-state index >= 15 is 0 Å². The van der Waals surface area contributed by atoms with Gasteiger partial charge in [0.1, 0.15) is 32.9 Å². The fourth-order valence-corrected chi connectivity index (χ4v) is 4.67. The molecule has 9 nitrogen and oxygen atoms in total. The molecule has 9 heteroatoms. The first kappa shape index (κ1) is 30.0. The molecule has 1 aromatic carbocycles. The maximum Gasteiger partial charge on any atom is 0.226 e. The summed E-state index contributed by atoms with van der Waals surface area (Å²) in [4.78, 5) is 27.8. The maximum atomic E-state index is 8.00. The van der Waals surface area contributed by atoms with E-state index in [1.54, 1.807) is 0 Å². The Bertz CT molecular complexity index is 950. The van der Waals surface area contributed by atoms with Gasteiger partial charge in [-0.2, -0.15) is 4.98 Å². The number of benzene rings is 1. The number of carbonyl (C=O) groups is 2. The number of hydrogen-bond acceptors (Lipinski definition) is 9. The van der Waals surface area contributed by atoms with Gasteiger partial charge < -0.3 is 34.0 Å². The average molecular weight is 515 g/mol. The Morgan fingerprint density at radius 3 is 2.32 bits per heavy atom. The Morgan fingerprint density at radius 1 is 1.00 bits per heavy atom. The first-order chi connectivity index (χ1) is 18.1. The zero-order valence-corrected chi connectivity index (χ0v) is 22.7. The molecule has 204 valence electrons. The van der Waals surface area contributed by atoms with E-state index in [1.165, 1.54) is 12.8 Å². The fourth-order valence-electron chi connectivity index (χ4n) is 4.67. The van der Waals surface area contributed by atoms with Crippen LogP contribution in [0.5, 0.6) is 17.4 Å². The number of hydrogen-bond donors (Lipinski definition) is 1. The molecular weight excluding hydrogens is 472 g/mol. The van der Waals surface area contributed by atoms with Crippen molar-refractivity contribution in [1.29, 1.82) is 0 Å². The zero-order valence-electron chi connectivity index (χ0n) is 22.7. The van der Waals surface area contributed by atoms with Gasteiger partial charge in [0, 0.05) is 25.3 Å². The van der Waals surface area contributed by atoms with Crippen LogP contribution in [0.3, 0.4) is 0 Å². The first-order valence-corrected chi connectivity index (χ1v) is 13.1. The number of fused-ring (bicyclic) bond motifs is 1. The SMILES string of the molecule is C=O.C=O.CC.CC1CCC(Nc2ncc(-c3ccc4c(c3)OCCO4)c(OC3CCN(C)C3)n2)CC1. The number of anilines is 1. The quantitative estimate of drug-likeness (QED) is 0.611. The third-order valence-electron chi connectivity index (χ3n) is 6.58. The molecule has 0 bridgehead atoms. The smallest absolute Gasteiger partial charge is 0.226 e. The number of ether oxygens (including phenoxy) is 3. The second-order valence-corrected chi connectivity index (χ2v) is 9.16. The van der Waals surface area contributed by atoms with Crippen LogP contribution < -0.4 is 19.5 Å². The molecule has 1 saturated heterocycles. The summed E-state index contributed by atoms with van der Waals surface area (Å²) in [5, 5.41) is 3.55. The normalized spacial score (nSPS) is 22.1. The Kier molecular flexibility index (Phi) is 12.8. The first-order valence-electron chi connectivity index (χ1n) is 13.1. The molecule has 1 N–H and O–H groups in total. The minimum absolute atomic E-state index is 0.138. The average Bonchev–Trinajstić information content (AvgIpc) is 3.37. The number of likely N-dealkylation sites (N-methyl/N-ethyl adjacent to an activating group) is 1. The van der Waals surface area contributed by atoms with E-state index < -0.39 is 0 Å². The summed E-state index contributed by atoms with van der Waals surface area (Å²) in [6, 6.07) is 6.40. The van der Waals surface area contributed by atoms with Crippen molar-refractivity contribution in [2.75, 3.05) is 38.7 Å². The summed E-state index contributed by atoms with van der Waals surface area (Å²) >= 11 is 0. The van der Waals surface area contributed by atoms with Crippen LogP contribution in [-0.4, -0.2) is 73.9 Å². The molecule has 1 unspecified atom stereocenters. The van der Waals surface area contributed by atoms with Crippen molar-refractivity contribution in [3.8, 4) is 28.5 Å². The van der Waals surface area contributed by atoms with Crippen LogP contribution in [0.15, 0.2) is 24.4 Å². The Labute approximate surface area is 220 Å². The molecule has 0 amide bonds. The van der Waals surface area contributed by atoms with Crippen LogP contribution in [-0.2, 0) is 9.59 Å². The van der Waals surface area contributed by atoms with Gasteiger partial charge >= 0.3 is 0 Å². The number of rotatable bonds is 5. The van der Waals surface area contributed by atoms with Gasteiger partial charge in [-0.25, -0.2) is 4.98 Å². The molecule has 2 aromatic rings. The lowest BCUT2D eigenvalue weighted by Crippen LogP contribution is -2.26. The van der Waals surface area contributed by atoms with Crippen LogP contribution >= 0.6 is 0 Å². The van der Waals surface area contributed by atoms with Gasteiger partial charge in [0.2, 0.25) is 11.8 Å². The van der Waals surface area contributed by atoms with E-state index in [4.69, 9.17) is 28.8 Å². The van der Waals surface area contributed by atoms with Crippen LogP contribution in [0, 0.1) is 5.92 Å². The van der Waals surface area contributed by atoms with E-state index in [1.807, 2.05) is 51.8 Å². The molecule has 5 rings (SSSR count). The van der Waals surface area contributed by atoms with E-state index in [-0.39, 0.29) is 6.10 Å². The number of nitrogens with zero attached hydrogens (tertiary/aromatic N) is 3. The minimum Gasteiger partial charge on any atom is -0.486 e. The van der Waals surface area contributed by atoms with Crippen molar-refractivity contribution >= 4 is 19.5 Å². The number of carbonyl (C=O) groups excluding carboxylic acids is 2. The van der Waals surface area contributed by atoms with Crippen molar-refractivity contribution in [1.82, 2.24) is 14.9 Å². The Morgan fingerprint density at radius 2 is 1.68 bits per heavy atom. The van der Waals surface area contributed by atoms with E-state index in [2.05, 4.69) is 29.2 Å². The van der Waals surface area contributed by atoms with E-state index in [0.717, 1.165) is 60.9 Å².